The summed E-state index contributed by atoms with van der Waals surface area (Å²) in [6.45, 7) is 0. The number of thiophene rings is 1. The highest BCUT2D eigenvalue weighted by Gasteiger charge is 2.06. The van der Waals surface area contributed by atoms with Crippen molar-refractivity contribution < 1.29 is 4.79 Å². The number of halogens is 1. The molecule has 114 valence electrons. The standard InChI is InChI=1S/C18H13BrN2OS/c19-17-11-10-16(23-17)18(22)21-20-12-13-6-8-15(9-7-13)14-4-2-1-3-5-14/h1-12H,(H,21,22)/b20-12+. The van der Waals surface area contributed by atoms with Gasteiger partial charge in [0.2, 0.25) is 0 Å². The Balaban J connectivity index is 1.63. The maximum absolute atomic E-state index is 11.9. The Morgan fingerprint density at radius 1 is 0.957 bits per heavy atom. The maximum atomic E-state index is 11.9. The summed E-state index contributed by atoms with van der Waals surface area (Å²) < 4.78 is 0.920. The first kappa shape index (κ1) is 15.6. The van der Waals surface area contributed by atoms with Gasteiger partial charge in [-0.05, 0) is 44.8 Å². The number of hydrogen-bond acceptors (Lipinski definition) is 3. The van der Waals surface area contributed by atoms with Crippen molar-refractivity contribution in [2.45, 2.75) is 0 Å². The van der Waals surface area contributed by atoms with E-state index in [1.807, 2.05) is 48.5 Å². The number of carbonyl (C=O) groups excluding carboxylic acids is 1. The van der Waals surface area contributed by atoms with Crippen LogP contribution in [0.25, 0.3) is 11.1 Å². The molecule has 0 unspecified atom stereocenters. The van der Waals surface area contributed by atoms with Crippen molar-refractivity contribution in [1.82, 2.24) is 5.43 Å². The third kappa shape index (κ3) is 4.15. The van der Waals surface area contributed by atoms with Gasteiger partial charge in [0.25, 0.3) is 5.91 Å². The number of benzene rings is 2. The van der Waals surface area contributed by atoms with Crippen molar-refractivity contribution >= 4 is 39.4 Å². The topological polar surface area (TPSA) is 41.5 Å². The van der Waals surface area contributed by atoms with Crippen LogP contribution in [0.1, 0.15) is 15.2 Å². The molecule has 0 aliphatic carbocycles. The van der Waals surface area contributed by atoms with Crippen molar-refractivity contribution in [1.29, 1.82) is 0 Å². The molecule has 0 saturated carbocycles. The summed E-state index contributed by atoms with van der Waals surface area (Å²) in [6.07, 6.45) is 1.63. The molecule has 0 aliphatic heterocycles. The summed E-state index contributed by atoms with van der Waals surface area (Å²) in [4.78, 5) is 12.5. The van der Waals surface area contributed by atoms with Crippen LogP contribution in [0.5, 0.6) is 0 Å². The molecular formula is C18H13BrN2OS. The molecule has 1 N–H and O–H groups in total. The van der Waals surface area contributed by atoms with Crippen LogP contribution in [0.4, 0.5) is 0 Å². The third-order valence-electron chi connectivity index (χ3n) is 3.19. The maximum Gasteiger partial charge on any atom is 0.281 e. The van der Waals surface area contributed by atoms with E-state index in [9.17, 15) is 4.79 Å². The van der Waals surface area contributed by atoms with Gasteiger partial charge in [-0.2, -0.15) is 5.10 Å². The number of amides is 1. The van der Waals surface area contributed by atoms with E-state index in [-0.39, 0.29) is 5.91 Å². The Labute approximate surface area is 146 Å². The molecule has 23 heavy (non-hydrogen) atoms. The molecule has 2 aromatic carbocycles. The lowest BCUT2D eigenvalue weighted by Crippen LogP contribution is -2.16. The Hall–Kier alpha value is -2.24. The van der Waals surface area contributed by atoms with Gasteiger partial charge in [-0.15, -0.1) is 11.3 Å². The van der Waals surface area contributed by atoms with Gasteiger partial charge in [-0.1, -0.05) is 54.6 Å². The second-order valence-corrected chi connectivity index (χ2v) is 7.25. The van der Waals surface area contributed by atoms with Crippen LogP contribution in [0.2, 0.25) is 0 Å². The first-order valence-electron chi connectivity index (χ1n) is 6.96. The molecule has 1 amide bonds. The third-order valence-corrected chi connectivity index (χ3v) is 4.82. The van der Waals surface area contributed by atoms with Gasteiger partial charge < -0.3 is 0 Å². The van der Waals surface area contributed by atoms with E-state index >= 15 is 0 Å². The average Bonchev–Trinajstić information content (AvgIpc) is 3.03. The van der Waals surface area contributed by atoms with Crippen LogP contribution >= 0.6 is 27.3 Å². The minimum Gasteiger partial charge on any atom is -0.266 e. The molecule has 3 aromatic rings. The van der Waals surface area contributed by atoms with Gasteiger partial charge in [0.05, 0.1) is 14.9 Å². The van der Waals surface area contributed by atoms with E-state index in [4.69, 9.17) is 0 Å². The monoisotopic (exact) mass is 384 g/mol. The fraction of sp³-hybridized carbons (Fsp3) is 0. The molecule has 0 fully saturated rings. The molecule has 1 aromatic heterocycles. The Morgan fingerprint density at radius 3 is 2.30 bits per heavy atom. The fourth-order valence-electron chi connectivity index (χ4n) is 2.05. The fourth-order valence-corrected chi connectivity index (χ4v) is 3.33. The van der Waals surface area contributed by atoms with Crippen LogP contribution in [-0.2, 0) is 0 Å². The van der Waals surface area contributed by atoms with Crippen LogP contribution in [0.3, 0.4) is 0 Å². The quantitative estimate of drug-likeness (QED) is 0.502. The largest absolute Gasteiger partial charge is 0.281 e. The number of nitrogens with zero attached hydrogens (tertiary/aromatic N) is 1. The number of hydrazone groups is 1. The molecule has 3 rings (SSSR count). The number of hydrogen-bond donors (Lipinski definition) is 1. The normalized spacial score (nSPS) is 10.8. The molecule has 3 nitrogen and oxygen atoms in total. The van der Waals surface area contributed by atoms with Crippen LogP contribution in [0.15, 0.2) is 75.6 Å². The molecule has 1 heterocycles. The average molecular weight is 385 g/mol. The summed E-state index contributed by atoms with van der Waals surface area (Å²) in [5, 5.41) is 4.00. The van der Waals surface area contributed by atoms with Gasteiger partial charge in [0, 0.05) is 0 Å². The lowest BCUT2D eigenvalue weighted by Gasteiger charge is -2.01. The van der Waals surface area contributed by atoms with Crippen molar-refractivity contribution in [3.63, 3.8) is 0 Å². The highest BCUT2D eigenvalue weighted by atomic mass is 79.9. The molecule has 0 aliphatic rings. The minimum atomic E-state index is -0.210. The van der Waals surface area contributed by atoms with Crippen LogP contribution in [-0.4, -0.2) is 12.1 Å². The summed E-state index contributed by atoms with van der Waals surface area (Å²) >= 11 is 4.70. The molecule has 0 atom stereocenters. The first-order chi connectivity index (χ1) is 11.2. The van der Waals surface area contributed by atoms with Crippen molar-refractivity contribution in [3.05, 3.63) is 81.0 Å². The molecule has 0 bridgehead atoms. The number of rotatable bonds is 4. The lowest BCUT2D eigenvalue weighted by molar-refractivity contribution is 0.0959. The summed E-state index contributed by atoms with van der Waals surface area (Å²) in [5.74, 6) is -0.210. The molecular weight excluding hydrogens is 372 g/mol. The summed E-state index contributed by atoms with van der Waals surface area (Å²) in [5.41, 5.74) is 5.78. The Bertz CT molecular complexity index is 826. The van der Waals surface area contributed by atoms with Crippen LogP contribution < -0.4 is 5.43 Å². The van der Waals surface area contributed by atoms with E-state index in [1.165, 1.54) is 16.9 Å². The van der Waals surface area contributed by atoms with E-state index in [0.717, 1.165) is 14.9 Å². The predicted molar refractivity (Wildman–Crippen MR) is 99.0 cm³/mol. The first-order valence-corrected chi connectivity index (χ1v) is 8.57. The number of nitrogens with one attached hydrogen (secondary N) is 1. The van der Waals surface area contributed by atoms with Gasteiger partial charge in [-0.25, -0.2) is 5.43 Å². The molecule has 5 heteroatoms. The van der Waals surface area contributed by atoms with E-state index in [2.05, 4.69) is 38.6 Å². The minimum absolute atomic E-state index is 0.210. The predicted octanol–water partition coefficient (Wildman–Crippen LogP) is 4.94. The van der Waals surface area contributed by atoms with Gasteiger partial charge in [0.15, 0.2) is 0 Å². The van der Waals surface area contributed by atoms with Gasteiger partial charge in [0.1, 0.15) is 0 Å². The van der Waals surface area contributed by atoms with Crippen molar-refractivity contribution in [2.75, 3.05) is 0 Å². The molecule has 0 saturated heterocycles. The molecule has 0 spiro atoms. The highest BCUT2D eigenvalue weighted by molar-refractivity contribution is 9.11. The van der Waals surface area contributed by atoms with Crippen molar-refractivity contribution in [2.24, 2.45) is 5.10 Å². The van der Waals surface area contributed by atoms with Crippen LogP contribution in [0, 0.1) is 0 Å². The van der Waals surface area contributed by atoms with E-state index < -0.39 is 0 Å². The van der Waals surface area contributed by atoms with Gasteiger partial charge >= 0.3 is 0 Å². The summed E-state index contributed by atoms with van der Waals surface area (Å²) in [6, 6.07) is 21.8. The second-order valence-electron chi connectivity index (χ2n) is 4.79. The zero-order valence-electron chi connectivity index (χ0n) is 12.1. The van der Waals surface area contributed by atoms with E-state index in [1.54, 1.807) is 12.3 Å². The number of carbonyl (C=O) groups is 1. The smallest absolute Gasteiger partial charge is 0.266 e. The summed E-state index contributed by atoms with van der Waals surface area (Å²) in [7, 11) is 0. The zero-order chi connectivity index (χ0) is 16.1. The second kappa shape index (κ2) is 7.35. The zero-order valence-corrected chi connectivity index (χ0v) is 14.5. The van der Waals surface area contributed by atoms with Gasteiger partial charge in [-0.3, -0.25) is 4.79 Å². The Morgan fingerprint density at radius 2 is 1.65 bits per heavy atom. The lowest BCUT2D eigenvalue weighted by atomic mass is 10.0. The Kier molecular flexibility index (Phi) is 5.00. The van der Waals surface area contributed by atoms with Crippen molar-refractivity contribution in [3.8, 4) is 11.1 Å². The SMILES string of the molecule is O=C(N/N=C/c1ccc(-c2ccccc2)cc1)c1ccc(Br)s1. The molecule has 0 radical (unpaired) electrons. The highest BCUT2D eigenvalue weighted by Crippen LogP contribution is 2.22. The van der Waals surface area contributed by atoms with E-state index in [0.29, 0.717) is 4.88 Å².